The molecule has 0 aromatic heterocycles. The Balaban J connectivity index is 4.05. The third-order valence-corrected chi connectivity index (χ3v) is 2.81. The molecule has 0 aliphatic heterocycles. The van der Waals surface area contributed by atoms with Crippen LogP contribution < -0.4 is 0 Å². The third-order valence-electron chi connectivity index (χ3n) is 1.77. The lowest BCUT2D eigenvalue weighted by Gasteiger charge is -2.20. The fourth-order valence-electron chi connectivity index (χ4n) is 0.955. The monoisotopic (exact) mass is 246 g/mol. The summed E-state index contributed by atoms with van der Waals surface area (Å²) in [5.74, 6) is -0.0601. The van der Waals surface area contributed by atoms with Crippen LogP contribution in [0.3, 0.4) is 0 Å². The summed E-state index contributed by atoms with van der Waals surface area (Å²) in [7, 11) is 1.72. The Morgan fingerprint density at radius 2 is 2.23 bits per heavy atom. The number of amides is 1. The fourth-order valence-corrected chi connectivity index (χ4v) is 1.30. The van der Waals surface area contributed by atoms with E-state index in [1.165, 1.54) is 0 Å². The lowest BCUT2D eigenvalue weighted by Crippen LogP contribution is -2.35. The van der Waals surface area contributed by atoms with Crippen LogP contribution in [0.25, 0.3) is 0 Å². The molecule has 13 heavy (non-hydrogen) atoms. The predicted molar refractivity (Wildman–Crippen MR) is 55.4 cm³/mol. The average Bonchev–Trinajstić information content (AvgIpc) is 2.14. The zero-order valence-electron chi connectivity index (χ0n) is 8.25. The minimum atomic E-state index is -0.122. The number of rotatable bonds is 4. The highest BCUT2D eigenvalue weighted by Crippen LogP contribution is 2.09. The smallest absolute Gasteiger partial charge is 0.236 e. The maximum absolute atomic E-state index is 11.5. The van der Waals surface area contributed by atoms with Crippen molar-refractivity contribution >= 4 is 21.8 Å². The molecule has 0 N–H and O–H groups in total. The molecule has 0 heterocycles. The van der Waals surface area contributed by atoms with Gasteiger partial charge >= 0.3 is 0 Å². The van der Waals surface area contributed by atoms with E-state index in [1.807, 2.05) is 6.92 Å². The average molecular weight is 247 g/mol. The van der Waals surface area contributed by atoms with Gasteiger partial charge in [-0.15, -0.1) is 0 Å². The van der Waals surface area contributed by atoms with E-state index < -0.39 is 0 Å². The van der Waals surface area contributed by atoms with Gasteiger partial charge in [-0.1, -0.05) is 22.9 Å². The van der Waals surface area contributed by atoms with Gasteiger partial charge in [-0.05, 0) is 13.3 Å². The van der Waals surface area contributed by atoms with Crippen molar-refractivity contribution in [3.8, 4) is 6.07 Å². The SMILES string of the molecule is CCC(Br)C(=O)N(C)CC(C)C#N. The molecule has 2 atom stereocenters. The van der Waals surface area contributed by atoms with Gasteiger partial charge in [0.25, 0.3) is 0 Å². The van der Waals surface area contributed by atoms with Gasteiger partial charge in [-0.2, -0.15) is 5.26 Å². The standard InChI is InChI=1S/C9H15BrN2O/c1-4-8(10)9(13)12(3)6-7(2)5-11/h7-8H,4,6H2,1-3H3. The lowest BCUT2D eigenvalue weighted by molar-refractivity contribution is -0.129. The number of hydrogen-bond acceptors (Lipinski definition) is 2. The van der Waals surface area contributed by atoms with Crippen LogP contribution in [0.15, 0.2) is 0 Å². The summed E-state index contributed by atoms with van der Waals surface area (Å²) in [6.07, 6.45) is 0.768. The molecule has 3 nitrogen and oxygen atoms in total. The summed E-state index contributed by atoms with van der Waals surface area (Å²) in [5.41, 5.74) is 0. The first kappa shape index (κ1) is 12.4. The summed E-state index contributed by atoms with van der Waals surface area (Å²) in [4.78, 5) is 13.0. The first-order chi connectivity index (χ1) is 6.02. The number of carbonyl (C=O) groups excluding carboxylic acids is 1. The molecular weight excluding hydrogens is 232 g/mol. The summed E-state index contributed by atoms with van der Waals surface area (Å²) in [5, 5.41) is 8.56. The zero-order valence-corrected chi connectivity index (χ0v) is 9.84. The Labute approximate surface area is 87.8 Å². The normalized spacial score (nSPS) is 14.4. The van der Waals surface area contributed by atoms with Gasteiger partial charge in [0.2, 0.25) is 5.91 Å². The summed E-state index contributed by atoms with van der Waals surface area (Å²) in [6.45, 7) is 4.25. The van der Waals surface area contributed by atoms with E-state index in [4.69, 9.17) is 5.26 Å². The quantitative estimate of drug-likeness (QED) is 0.711. The van der Waals surface area contributed by atoms with Crippen LogP contribution in [0.4, 0.5) is 0 Å². The molecule has 0 saturated carbocycles. The molecule has 0 aliphatic carbocycles. The highest BCUT2D eigenvalue weighted by atomic mass is 79.9. The number of nitriles is 1. The van der Waals surface area contributed by atoms with Crippen LogP contribution in [0.5, 0.6) is 0 Å². The van der Waals surface area contributed by atoms with Crippen molar-refractivity contribution in [1.29, 1.82) is 5.26 Å². The van der Waals surface area contributed by atoms with Crippen molar-refractivity contribution in [1.82, 2.24) is 4.90 Å². The van der Waals surface area contributed by atoms with Crippen LogP contribution >= 0.6 is 15.9 Å². The topological polar surface area (TPSA) is 44.1 Å². The number of hydrogen-bond donors (Lipinski definition) is 0. The van der Waals surface area contributed by atoms with E-state index in [1.54, 1.807) is 18.9 Å². The molecule has 0 radical (unpaired) electrons. The molecule has 0 aliphatic rings. The van der Waals surface area contributed by atoms with Crippen molar-refractivity contribution in [2.24, 2.45) is 5.92 Å². The molecule has 0 saturated heterocycles. The molecule has 0 rings (SSSR count). The van der Waals surface area contributed by atoms with Crippen molar-refractivity contribution in [2.75, 3.05) is 13.6 Å². The highest BCUT2D eigenvalue weighted by Gasteiger charge is 2.18. The first-order valence-corrected chi connectivity index (χ1v) is 5.23. The third kappa shape index (κ3) is 4.28. The van der Waals surface area contributed by atoms with Crippen LogP contribution in [0, 0.1) is 17.2 Å². The second-order valence-corrected chi connectivity index (χ2v) is 4.23. The van der Waals surface area contributed by atoms with Gasteiger partial charge in [0.15, 0.2) is 0 Å². The van der Waals surface area contributed by atoms with Crippen molar-refractivity contribution in [3.63, 3.8) is 0 Å². The molecule has 0 spiro atoms. The van der Waals surface area contributed by atoms with E-state index in [9.17, 15) is 4.79 Å². The number of alkyl halides is 1. The summed E-state index contributed by atoms with van der Waals surface area (Å²) < 4.78 is 0. The summed E-state index contributed by atoms with van der Waals surface area (Å²) >= 11 is 3.28. The second-order valence-electron chi connectivity index (χ2n) is 3.12. The molecule has 74 valence electrons. The lowest BCUT2D eigenvalue weighted by atomic mass is 10.2. The molecule has 2 unspecified atom stereocenters. The van der Waals surface area contributed by atoms with Crippen molar-refractivity contribution in [2.45, 2.75) is 25.1 Å². The number of nitrogens with zero attached hydrogens (tertiary/aromatic N) is 2. The summed E-state index contributed by atoms with van der Waals surface area (Å²) in [6, 6.07) is 2.10. The fraction of sp³-hybridized carbons (Fsp3) is 0.778. The molecule has 1 amide bonds. The zero-order chi connectivity index (χ0) is 10.4. The second kappa shape index (κ2) is 5.98. The van der Waals surface area contributed by atoms with Gasteiger partial charge in [0, 0.05) is 13.6 Å². The molecule has 0 aromatic carbocycles. The molecule has 0 bridgehead atoms. The molecule has 0 fully saturated rings. The molecular formula is C9H15BrN2O. The molecule has 4 heteroatoms. The first-order valence-electron chi connectivity index (χ1n) is 4.31. The van der Waals surface area contributed by atoms with Crippen LogP contribution in [-0.4, -0.2) is 29.2 Å². The Morgan fingerprint density at radius 3 is 2.62 bits per heavy atom. The number of halogens is 1. The van der Waals surface area contributed by atoms with Gasteiger partial charge in [0.1, 0.15) is 0 Å². The molecule has 0 aromatic rings. The minimum absolute atomic E-state index is 0.0459. The highest BCUT2D eigenvalue weighted by molar-refractivity contribution is 9.10. The maximum Gasteiger partial charge on any atom is 0.236 e. The van der Waals surface area contributed by atoms with Gasteiger partial charge in [0.05, 0.1) is 16.8 Å². The van der Waals surface area contributed by atoms with E-state index >= 15 is 0 Å². The van der Waals surface area contributed by atoms with E-state index in [0.29, 0.717) is 6.54 Å². The largest absolute Gasteiger partial charge is 0.343 e. The minimum Gasteiger partial charge on any atom is -0.343 e. The van der Waals surface area contributed by atoms with Crippen molar-refractivity contribution < 1.29 is 4.79 Å². The van der Waals surface area contributed by atoms with E-state index in [0.717, 1.165) is 6.42 Å². The van der Waals surface area contributed by atoms with Crippen LogP contribution in [-0.2, 0) is 4.79 Å². The maximum atomic E-state index is 11.5. The Kier molecular flexibility index (Phi) is 5.72. The Bertz CT molecular complexity index is 212. The van der Waals surface area contributed by atoms with Crippen LogP contribution in [0.2, 0.25) is 0 Å². The van der Waals surface area contributed by atoms with Crippen molar-refractivity contribution in [3.05, 3.63) is 0 Å². The van der Waals surface area contributed by atoms with Gasteiger partial charge < -0.3 is 4.90 Å². The van der Waals surface area contributed by atoms with E-state index in [-0.39, 0.29) is 16.7 Å². The Morgan fingerprint density at radius 1 is 1.69 bits per heavy atom. The van der Waals surface area contributed by atoms with Crippen LogP contribution in [0.1, 0.15) is 20.3 Å². The van der Waals surface area contributed by atoms with E-state index in [2.05, 4.69) is 22.0 Å². The predicted octanol–water partition coefficient (Wildman–Crippen LogP) is 1.78. The number of carbonyl (C=O) groups is 1. The van der Waals surface area contributed by atoms with Gasteiger partial charge in [-0.25, -0.2) is 0 Å². The van der Waals surface area contributed by atoms with Gasteiger partial charge in [-0.3, -0.25) is 4.79 Å². The Hall–Kier alpha value is -0.560.